The average molecular weight is 382 g/mol. The van der Waals surface area contributed by atoms with Gasteiger partial charge < -0.3 is 9.47 Å². The van der Waals surface area contributed by atoms with Gasteiger partial charge in [-0.15, -0.1) is 0 Å². The number of nitrogens with zero attached hydrogens (tertiary/aromatic N) is 2. The molecule has 2 aromatic rings. The fourth-order valence-electron chi connectivity index (χ4n) is 3.23. The smallest absolute Gasteiger partial charge is 0.316 e. The summed E-state index contributed by atoms with van der Waals surface area (Å²) >= 11 is 1.28. The number of carbonyl (C=O) groups is 1. The van der Waals surface area contributed by atoms with Crippen LogP contribution in [0.3, 0.4) is 0 Å². The Bertz CT molecular complexity index is 872. The number of rotatable bonds is 7. The van der Waals surface area contributed by atoms with E-state index < -0.39 is 0 Å². The standard InChI is InChI=1S/C21H22N2O3S/c1-3-11-26-19(24)13-27-21-17(12-22)20(16-5-4-6-18(16)23-21)14-7-9-15(25-2)10-8-14/h7-10H,3-6,11,13H2,1-2H3. The number of nitriles is 1. The third-order valence-electron chi connectivity index (χ3n) is 4.48. The fraction of sp³-hybridized carbons (Fsp3) is 0.381. The number of carbonyl (C=O) groups excluding carboxylic acids is 1. The van der Waals surface area contributed by atoms with Crippen molar-refractivity contribution in [3.05, 3.63) is 41.1 Å². The monoisotopic (exact) mass is 382 g/mol. The van der Waals surface area contributed by atoms with Crippen molar-refractivity contribution >= 4 is 17.7 Å². The normalized spacial score (nSPS) is 12.3. The van der Waals surface area contributed by atoms with Crippen molar-refractivity contribution in [1.29, 1.82) is 5.26 Å². The van der Waals surface area contributed by atoms with Crippen LogP contribution < -0.4 is 4.74 Å². The fourth-order valence-corrected chi connectivity index (χ4v) is 4.03. The van der Waals surface area contributed by atoms with Gasteiger partial charge in [0.05, 0.1) is 25.0 Å². The number of fused-ring (bicyclic) bond motifs is 1. The van der Waals surface area contributed by atoms with Crippen molar-refractivity contribution in [2.24, 2.45) is 0 Å². The lowest BCUT2D eigenvalue weighted by atomic mass is 9.95. The summed E-state index contributed by atoms with van der Waals surface area (Å²) in [7, 11) is 1.63. The first kappa shape index (κ1) is 19.2. The zero-order chi connectivity index (χ0) is 19.2. The number of benzene rings is 1. The summed E-state index contributed by atoms with van der Waals surface area (Å²) in [6.45, 7) is 2.37. The van der Waals surface area contributed by atoms with Gasteiger partial charge >= 0.3 is 5.97 Å². The highest BCUT2D eigenvalue weighted by molar-refractivity contribution is 7.99. The number of hydrogen-bond donors (Lipinski definition) is 0. The van der Waals surface area contributed by atoms with Gasteiger partial charge in [-0.1, -0.05) is 30.8 Å². The van der Waals surface area contributed by atoms with E-state index in [1.807, 2.05) is 31.2 Å². The van der Waals surface area contributed by atoms with Crippen LogP contribution in [0.2, 0.25) is 0 Å². The summed E-state index contributed by atoms with van der Waals surface area (Å²) < 4.78 is 10.4. The first-order chi connectivity index (χ1) is 13.2. The molecule has 0 N–H and O–H groups in total. The molecular formula is C21H22N2O3S. The lowest BCUT2D eigenvalue weighted by molar-refractivity contribution is -0.140. The predicted octanol–water partition coefficient (Wildman–Crippen LogP) is 4.16. The van der Waals surface area contributed by atoms with Crippen LogP contribution in [0.1, 0.15) is 36.6 Å². The zero-order valence-corrected chi connectivity index (χ0v) is 16.4. The maximum absolute atomic E-state index is 11.9. The summed E-state index contributed by atoms with van der Waals surface area (Å²) in [4.78, 5) is 16.6. The molecule has 5 nitrogen and oxygen atoms in total. The molecule has 0 saturated carbocycles. The molecule has 0 radical (unpaired) electrons. The Labute approximate surface area is 163 Å². The summed E-state index contributed by atoms with van der Waals surface area (Å²) in [5.74, 6) is 0.651. The second kappa shape index (κ2) is 8.92. The van der Waals surface area contributed by atoms with E-state index in [0.29, 0.717) is 17.2 Å². The van der Waals surface area contributed by atoms with Gasteiger partial charge in [-0.05, 0) is 48.9 Å². The van der Waals surface area contributed by atoms with E-state index in [2.05, 4.69) is 6.07 Å². The van der Waals surface area contributed by atoms with Gasteiger partial charge in [0, 0.05) is 11.3 Å². The highest BCUT2D eigenvalue weighted by Gasteiger charge is 2.24. The minimum Gasteiger partial charge on any atom is -0.497 e. The van der Waals surface area contributed by atoms with Crippen molar-refractivity contribution in [2.75, 3.05) is 19.5 Å². The van der Waals surface area contributed by atoms with Crippen LogP contribution in [0.4, 0.5) is 0 Å². The van der Waals surface area contributed by atoms with Gasteiger partial charge in [0.25, 0.3) is 0 Å². The van der Waals surface area contributed by atoms with Crippen molar-refractivity contribution in [2.45, 2.75) is 37.6 Å². The number of pyridine rings is 1. The molecule has 0 spiro atoms. The lowest BCUT2D eigenvalue weighted by Crippen LogP contribution is -2.09. The van der Waals surface area contributed by atoms with Crippen molar-refractivity contribution in [3.8, 4) is 22.9 Å². The first-order valence-electron chi connectivity index (χ1n) is 9.06. The molecule has 1 aromatic carbocycles. The van der Waals surface area contributed by atoms with Crippen LogP contribution in [0.5, 0.6) is 5.75 Å². The number of aryl methyl sites for hydroxylation is 1. The second-order valence-electron chi connectivity index (χ2n) is 6.30. The van der Waals surface area contributed by atoms with Crippen molar-refractivity contribution < 1.29 is 14.3 Å². The molecule has 1 aromatic heterocycles. The Hall–Kier alpha value is -2.52. The highest BCUT2D eigenvalue weighted by atomic mass is 32.2. The molecule has 0 amide bonds. The summed E-state index contributed by atoms with van der Waals surface area (Å²) in [6.07, 6.45) is 3.64. The Kier molecular flexibility index (Phi) is 6.36. The summed E-state index contributed by atoms with van der Waals surface area (Å²) in [5.41, 5.74) is 4.63. The largest absolute Gasteiger partial charge is 0.497 e. The Morgan fingerprint density at radius 3 is 2.74 bits per heavy atom. The van der Waals surface area contributed by atoms with Gasteiger partial charge in [-0.3, -0.25) is 4.79 Å². The SMILES string of the molecule is CCCOC(=O)CSc1nc2c(c(-c3ccc(OC)cc3)c1C#N)CCC2. The molecule has 27 heavy (non-hydrogen) atoms. The second-order valence-corrected chi connectivity index (χ2v) is 7.26. The molecular weight excluding hydrogens is 360 g/mol. The summed E-state index contributed by atoms with van der Waals surface area (Å²) in [6, 6.07) is 10.1. The van der Waals surface area contributed by atoms with Crippen LogP contribution >= 0.6 is 11.8 Å². The van der Waals surface area contributed by atoms with Gasteiger partial charge in [0.2, 0.25) is 0 Å². The van der Waals surface area contributed by atoms with Crippen LogP contribution in [0, 0.1) is 11.3 Å². The molecule has 0 fully saturated rings. The van der Waals surface area contributed by atoms with E-state index in [1.165, 1.54) is 11.8 Å². The third kappa shape index (κ3) is 4.25. The predicted molar refractivity (Wildman–Crippen MR) is 105 cm³/mol. The molecule has 0 unspecified atom stereocenters. The van der Waals surface area contributed by atoms with E-state index in [1.54, 1.807) is 7.11 Å². The molecule has 3 rings (SSSR count). The van der Waals surface area contributed by atoms with E-state index in [-0.39, 0.29) is 11.7 Å². The van der Waals surface area contributed by atoms with E-state index in [4.69, 9.17) is 14.5 Å². The molecule has 0 bridgehead atoms. The molecule has 0 atom stereocenters. The summed E-state index contributed by atoms with van der Waals surface area (Å²) in [5, 5.41) is 10.5. The first-order valence-corrected chi connectivity index (χ1v) is 10.0. The highest BCUT2D eigenvalue weighted by Crippen LogP contribution is 2.38. The quantitative estimate of drug-likeness (QED) is 0.529. The van der Waals surface area contributed by atoms with Crippen molar-refractivity contribution in [3.63, 3.8) is 0 Å². The van der Waals surface area contributed by atoms with Gasteiger partial charge in [0.15, 0.2) is 0 Å². The number of esters is 1. The lowest BCUT2D eigenvalue weighted by Gasteiger charge is -2.14. The Balaban J connectivity index is 1.98. The molecule has 1 aliphatic carbocycles. The third-order valence-corrected chi connectivity index (χ3v) is 5.42. The van der Waals surface area contributed by atoms with Crippen molar-refractivity contribution in [1.82, 2.24) is 4.98 Å². The van der Waals surface area contributed by atoms with E-state index >= 15 is 0 Å². The topological polar surface area (TPSA) is 72.2 Å². The molecule has 0 aliphatic heterocycles. The Morgan fingerprint density at radius 2 is 2.07 bits per heavy atom. The number of thioether (sulfide) groups is 1. The molecule has 140 valence electrons. The minimum atomic E-state index is -0.279. The van der Waals surface area contributed by atoms with Gasteiger partial charge in [-0.2, -0.15) is 5.26 Å². The Morgan fingerprint density at radius 1 is 1.30 bits per heavy atom. The van der Waals surface area contributed by atoms with Crippen LogP contribution in [0.25, 0.3) is 11.1 Å². The number of methoxy groups -OCH3 is 1. The van der Waals surface area contributed by atoms with E-state index in [0.717, 1.165) is 53.8 Å². The average Bonchev–Trinajstić information content (AvgIpc) is 3.17. The minimum absolute atomic E-state index is 0.155. The van der Waals surface area contributed by atoms with Crippen LogP contribution in [-0.2, 0) is 22.4 Å². The molecule has 1 aliphatic rings. The molecule has 6 heteroatoms. The maximum Gasteiger partial charge on any atom is 0.316 e. The van der Waals surface area contributed by atoms with Crippen LogP contribution in [-0.4, -0.2) is 30.4 Å². The zero-order valence-electron chi connectivity index (χ0n) is 15.6. The number of ether oxygens (including phenoxy) is 2. The van der Waals surface area contributed by atoms with Gasteiger partial charge in [0.1, 0.15) is 16.8 Å². The molecule has 1 heterocycles. The van der Waals surface area contributed by atoms with E-state index in [9.17, 15) is 10.1 Å². The molecule has 0 saturated heterocycles. The van der Waals surface area contributed by atoms with Gasteiger partial charge in [-0.25, -0.2) is 4.98 Å². The number of aromatic nitrogens is 1. The maximum atomic E-state index is 11.9. The van der Waals surface area contributed by atoms with Crippen LogP contribution in [0.15, 0.2) is 29.3 Å². The number of hydrogen-bond acceptors (Lipinski definition) is 6.